The van der Waals surface area contributed by atoms with E-state index in [1.165, 1.54) is 11.6 Å². The molecule has 0 amide bonds. The van der Waals surface area contributed by atoms with Crippen LogP contribution in [0.25, 0.3) is 0 Å². The van der Waals surface area contributed by atoms with Crippen molar-refractivity contribution in [3.63, 3.8) is 0 Å². The topological polar surface area (TPSA) is 88.3 Å². The number of nitrogens with one attached hydrogen (secondary N) is 1. The van der Waals surface area contributed by atoms with Crippen LogP contribution in [0.2, 0.25) is 5.02 Å². The molecule has 1 heterocycles. The lowest BCUT2D eigenvalue weighted by Crippen LogP contribution is -2.26. The highest BCUT2D eigenvalue weighted by atomic mass is 35.5. The molecule has 144 valence electrons. The van der Waals surface area contributed by atoms with E-state index in [0.29, 0.717) is 18.8 Å². The fraction of sp³-hybridized carbons (Fsp3) is 0.438. The Morgan fingerprint density at radius 1 is 1.35 bits per heavy atom. The average Bonchev–Trinajstić information content (AvgIpc) is 3.12. The second kappa shape index (κ2) is 9.61. The van der Waals surface area contributed by atoms with E-state index >= 15 is 0 Å². The Morgan fingerprint density at radius 3 is 2.77 bits per heavy atom. The molecular formula is C16H22ClFN4O2S2. The number of halogens is 2. The molecular weight excluding hydrogens is 399 g/mol. The number of rotatable bonds is 10. The van der Waals surface area contributed by atoms with E-state index in [-0.39, 0.29) is 9.36 Å². The molecule has 0 saturated carbocycles. The molecule has 0 radical (unpaired) electrons. The highest BCUT2D eigenvalue weighted by Gasteiger charge is 2.25. The third-order valence-electron chi connectivity index (χ3n) is 3.74. The van der Waals surface area contributed by atoms with Crippen molar-refractivity contribution in [2.75, 3.05) is 38.5 Å². The van der Waals surface area contributed by atoms with Crippen LogP contribution in [0.3, 0.4) is 0 Å². The summed E-state index contributed by atoms with van der Waals surface area (Å²) >= 11 is 7.07. The first-order chi connectivity index (χ1) is 12.4. The highest BCUT2D eigenvalue weighted by Crippen LogP contribution is 2.31. The zero-order chi connectivity index (χ0) is 19.2. The largest absolute Gasteiger partial charge is 0.384 e. The van der Waals surface area contributed by atoms with Gasteiger partial charge in [-0.1, -0.05) is 11.6 Å². The Morgan fingerprint density at radius 2 is 2.12 bits per heavy atom. The van der Waals surface area contributed by atoms with Gasteiger partial charge in [0.2, 0.25) is 14.2 Å². The monoisotopic (exact) mass is 420 g/mol. The average molecular weight is 421 g/mol. The second-order valence-corrected chi connectivity index (χ2v) is 9.18. The maximum atomic E-state index is 14.4. The van der Waals surface area contributed by atoms with E-state index < -0.39 is 20.5 Å². The molecule has 0 unspecified atom stereocenters. The van der Waals surface area contributed by atoms with Crippen molar-refractivity contribution in [1.82, 2.24) is 9.88 Å². The van der Waals surface area contributed by atoms with Gasteiger partial charge < -0.3 is 16.0 Å². The van der Waals surface area contributed by atoms with Crippen molar-refractivity contribution >= 4 is 38.5 Å². The van der Waals surface area contributed by atoms with Crippen LogP contribution in [-0.4, -0.2) is 51.5 Å². The van der Waals surface area contributed by atoms with E-state index in [2.05, 4.69) is 15.2 Å². The van der Waals surface area contributed by atoms with Gasteiger partial charge in [0.05, 0.1) is 10.7 Å². The van der Waals surface area contributed by atoms with E-state index in [0.717, 1.165) is 49.4 Å². The molecule has 0 spiro atoms. The summed E-state index contributed by atoms with van der Waals surface area (Å²) < 4.78 is 39.0. The van der Waals surface area contributed by atoms with Crippen molar-refractivity contribution in [3.8, 4) is 0 Å². The number of likely N-dealkylation sites (N-methyl/N-ethyl adjacent to an activating group) is 1. The smallest absolute Gasteiger partial charge is 0.236 e. The minimum Gasteiger partial charge on any atom is -0.384 e. The fourth-order valence-electron chi connectivity index (χ4n) is 2.37. The van der Waals surface area contributed by atoms with E-state index in [1.807, 2.05) is 7.05 Å². The molecule has 0 bridgehead atoms. The third-order valence-corrected chi connectivity index (χ3v) is 7.03. The Kier molecular flexibility index (Phi) is 7.78. The lowest BCUT2D eigenvalue weighted by molar-refractivity contribution is 0.336. The summed E-state index contributed by atoms with van der Waals surface area (Å²) in [6, 6.07) is 2.24. The van der Waals surface area contributed by atoms with Crippen LogP contribution in [0.15, 0.2) is 32.9 Å². The van der Waals surface area contributed by atoms with Gasteiger partial charge in [-0.2, -0.15) is 0 Å². The Labute approximate surface area is 162 Å². The summed E-state index contributed by atoms with van der Waals surface area (Å²) in [6.07, 6.45) is 3.18. The first-order valence-electron chi connectivity index (χ1n) is 8.12. The minimum atomic E-state index is -4.01. The van der Waals surface area contributed by atoms with Crippen molar-refractivity contribution in [3.05, 3.63) is 34.5 Å². The molecule has 2 rings (SSSR count). The molecule has 26 heavy (non-hydrogen) atoms. The number of anilines is 1. The first-order valence-corrected chi connectivity index (χ1v) is 10.9. The number of unbranched alkanes of at least 4 members (excludes halogenated alkanes) is 1. The number of nitrogens with two attached hydrogens (primary N) is 1. The lowest BCUT2D eigenvalue weighted by Gasteiger charge is -2.15. The van der Waals surface area contributed by atoms with Gasteiger partial charge in [-0.25, -0.2) is 17.8 Å². The number of sulfone groups is 1. The van der Waals surface area contributed by atoms with Gasteiger partial charge in [0.25, 0.3) is 0 Å². The van der Waals surface area contributed by atoms with Gasteiger partial charge in [-0.05, 0) is 38.6 Å². The highest BCUT2D eigenvalue weighted by molar-refractivity contribution is 7.93. The van der Waals surface area contributed by atoms with Crippen LogP contribution >= 0.6 is 22.9 Å². The van der Waals surface area contributed by atoms with Gasteiger partial charge in [0.1, 0.15) is 10.7 Å². The van der Waals surface area contributed by atoms with E-state index in [9.17, 15) is 12.8 Å². The van der Waals surface area contributed by atoms with Gasteiger partial charge in [0, 0.05) is 31.2 Å². The molecule has 1 aromatic carbocycles. The minimum absolute atomic E-state index is 0.154. The summed E-state index contributed by atoms with van der Waals surface area (Å²) in [5, 5.41) is 4.73. The maximum absolute atomic E-state index is 14.4. The summed E-state index contributed by atoms with van der Waals surface area (Å²) in [5.41, 5.74) is 5.86. The number of benzene rings is 1. The summed E-state index contributed by atoms with van der Waals surface area (Å²) in [6.45, 7) is 3.00. The molecule has 3 N–H and O–H groups in total. The fourth-order valence-corrected chi connectivity index (χ4v) is 4.94. The summed E-state index contributed by atoms with van der Waals surface area (Å²) in [5.74, 6) is -0.852. The summed E-state index contributed by atoms with van der Waals surface area (Å²) in [4.78, 5) is 5.43. The molecule has 0 atom stereocenters. The van der Waals surface area contributed by atoms with Crippen molar-refractivity contribution in [1.29, 1.82) is 0 Å². The van der Waals surface area contributed by atoms with Gasteiger partial charge >= 0.3 is 0 Å². The molecule has 0 aliphatic rings. The lowest BCUT2D eigenvalue weighted by atomic mass is 10.2. The Hall–Kier alpha value is -1.26. The van der Waals surface area contributed by atoms with Gasteiger partial charge in [-0.15, -0.1) is 11.3 Å². The summed E-state index contributed by atoms with van der Waals surface area (Å²) in [7, 11) is -2.00. The molecule has 0 fully saturated rings. The molecule has 0 aliphatic carbocycles. The normalized spacial score (nSPS) is 11.9. The quantitative estimate of drug-likeness (QED) is 0.574. The first kappa shape index (κ1) is 21.0. The van der Waals surface area contributed by atoms with Crippen LogP contribution in [-0.2, 0) is 9.84 Å². The third kappa shape index (κ3) is 5.37. The van der Waals surface area contributed by atoms with E-state index in [4.69, 9.17) is 17.3 Å². The zero-order valence-corrected chi connectivity index (χ0v) is 16.8. The van der Waals surface area contributed by atoms with E-state index in [1.54, 1.807) is 0 Å². The van der Waals surface area contributed by atoms with Crippen LogP contribution in [0.5, 0.6) is 0 Å². The second-order valence-electron chi connectivity index (χ2n) is 5.79. The number of hydrogen-bond donors (Lipinski definition) is 2. The predicted octanol–water partition coefficient (Wildman–Crippen LogP) is 2.85. The molecule has 0 aliphatic heterocycles. The van der Waals surface area contributed by atoms with Crippen LogP contribution in [0, 0.1) is 5.82 Å². The number of hydrogen-bond acceptors (Lipinski definition) is 7. The van der Waals surface area contributed by atoms with Gasteiger partial charge in [0.15, 0.2) is 0 Å². The molecule has 6 nitrogen and oxygen atoms in total. The van der Waals surface area contributed by atoms with Crippen molar-refractivity contribution in [2.24, 2.45) is 5.73 Å². The Balaban J connectivity index is 1.99. The number of thiazole rings is 1. The molecule has 0 saturated heterocycles. The van der Waals surface area contributed by atoms with Crippen LogP contribution < -0.4 is 11.1 Å². The van der Waals surface area contributed by atoms with Crippen LogP contribution in [0.1, 0.15) is 12.8 Å². The predicted molar refractivity (Wildman–Crippen MR) is 103 cm³/mol. The number of aromatic nitrogens is 1. The standard InChI is InChI=1S/C16H22ClFN4O2S2/c1-22(8-4-19)7-3-2-5-20-14-11-13(18)15(10-12(14)17)26(23,24)16-21-6-9-25-16/h6,9-11,20H,2-5,7-8,19H2,1H3. The van der Waals surface area contributed by atoms with Crippen molar-refractivity contribution in [2.45, 2.75) is 22.1 Å². The van der Waals surface area contributed by atoms with Gasteiger partial charge in [-0.3, -0.25) is 0 Å². The SMILES string of the molecule is CN(CCN)CCCCNc1cc(F)c(S(=O)(=O)c2nccs2)cc1Cl. The van der Waals surface area contributed by atoms with Crippen molar-refractivity contribution < 1.29 is 12.8 Å². The maximum Gasteiger partial charge on any atom is 0.236 e. The number of nitrogens with zero attached hydrogens (tertiary/aromatic N) is 2. The zero-order valence-electron chi connectivity index (χ0n) is 14.4. The molecule has 1 aromatic heterocycles. The van der Waals surface area contributed by atoms with Crippen LogP contribution in [0.4, 0.5) is 10.1 Å². The Bertz CT molecular complexity index is 816. The molecule has 2 aromatic rings. The molecule has 10 heteroatoms.